The lowest BCUT2D eigenvalue weighted by atomic mass is 10.2. The number of carboxylic acids is 1. The minimum Gasteiger partial charge on any atom is -0.479 e. The van der Waals surface area contributed by atoms with Crippen molar-refractivity contribution in [3.8, 4) is 12.5 Å². The summed E-state index contributed by atoms with van der Waals surface area (Å²) in [6.45, 7) is -0.463. The lowest BCUT2D eigenvalue weighted by Gasteiger charge is -2.04. The second kappa shape index (κ2) is 5.45. The summed E-state index contributed by atoms with van der Waals surface area (Å²) in [5, 5.41) is 8.45. The van der Waals surface area contributed by atoms with Crippen LogP contribution in [0.15, 0.2) is 35.3 Å². The molecule has 1 aromatic carbocycles. The monoisotopic (exact) mass is 203 g/mol. The highest BCUT2D eigenvalue weighted by molar-refractivity contribution is 5.95. The molecule has 4 heteroatoms. The van der Waals surface area contributed by atoms with Gasteiger partial charge >= 0.3 is 5.97 Å². The van der Waals surface area contributed by atoms with Crippen LogP contribution in [-0.4, -0.2) is 23.6 Å². The van der Waals surface area contributed by atoms with Gasteiger partial charge in [0.1, 0.15) is 0 Å². The Morgan fingerprint density at radius 3 is 2.67 bits per heavy atom. The van der Waals surface area contributed by atoms with E-state index in [-0.39, 0.29) is 5.90 Å². The Morgan fingerprint density at radius 2 is 2.13 bits per heavy atom. The van der Waals surface area contributed by atoms with Gasteiger partial charge in [-0.2, -0.15) is 4.99 Å². The average Bonchev–Trinajstić information content (AvgIpc) is 2.25. The fourth-order valence-corrected chi connectivity index (χ4v) is 0.950. The molecule has 0 saturated heterocycles. The number of hydrogen-bond acceptors (Lipinski definition) is 3. The molecule has 0 saturated carbocycles. The van der Waals surface area contributed by atoms with Crippen LogP contribution in [0.25, 0.3) is 0 Å². The van der Waals surface area contributed by atoms with Crippen molar-refractivity contribution in [1.29, 1.82) is 0 Å². The van der Waals surface area contributed by atoms with E-state index in [1.54, 1.807) is 24.3 Å². The van der Waals surface area contributed by atoms with Crippen molar-refractivity contribution >= 4 is 11.9 Å². The standard InChI is InChI=1S/C11H9NO3/c1-2-12-11(15-8-10(13)14)9-6-4-3-5-7-9/h1,3-7H,8H2,(H,13,14)/b12-11-. The summed E-state index contributed by atoms with van der Waals surface area (Å²) < 4.78 is 4.94. The van der Waals surface area contributed by atoms with Crippen LogP contribution in [0.1, 0.15) is 5.56 Å². The molecule has 0 unspecified atom stereocenters. The molecule has 1 N–H and O–H groups in total. The largest absolute Gasteiger partial charge is 0.479 e. The van der Waals surface area contributed by atoms with Gasteiger partial charge < -0.3 is 9.84 Å². The molecule has 0 radical (unpaired) electrons. The number of ether oxygens (including phenoxy) is 1. The van der Waals surface area contributed by atoms with E-state index in [1.807, 2.05) is 6.07 Å². The van der Waals surface area contributed by atoms with Gasteiger partial charge in [0.25, 0.3) is 0 Å². The van der Waals surface area contributed by atoms with Gasteiger partial charge in [-0.15, -0.1) is 0 Å². The second-order valence-corrected chi connectivity index (χ2v) is 2.59. The minimum absolute atomic E-state index is 0.139. The quantitative estimate of drug-likeness (QED) is 0.455. The molecule has 0 spiro atoms. The third-order valence-corrected chi connectivity index (χ3v) is 1.52. The van der Waals surface area contributed by atoms with Gasteiger partial charge in [-0.1, -0.05) is 24.6 Å². The van der Waals surface area contributed by atoms with E-state index in [2.05, 4.69) is 11.0 Å². The normalized spacial score (nSPS) is 10.5. The first-order chi connectivity index (χ1) is 7.24. The zero-order valence-corrected chi connectivity index (χ0v) is 7.88. The minimum atomic E-state index is -1.07. The Bertz CT molecular complexity index is 404. The van der Waals surface area contributed by atoms with E-state index in [0.717, 1.165) is 0 Å². The molecular weight excluding hydrogens is 194 g/mol. The first-order valence-corrected chi connectivity index (χ1v) is 4.17. The number of terminal acetylenes is 1. The molecule has 0 heterocycles. The third kappa shape index (κ3) is 3.53. The molecular formula is C11H9NO3. The summed E-state index contributed by atoms with van der Waals surface area (Å²) in [5.74, 6) is -0.934. The van der Waals surface area contributed by atoms with Gasteiger partial charge in [-0.3, -0.25) is 0 Å². The number of hydrogen-bond donors (Lipinski definition) is 1. The summed E-state index contributed by atoms with van der Waals surface area (Å²) >= 11 is 0. The van der Waals surface area contributed by atoms with Crippen LogP contribution in [-0.2, 0) is 9.53 Å². The molecule has 0 bridgehead atoms. The number of carbonyl (C=O) groups is 1. The van der Waals surface area contributed by atoms with Gasteiger partial charge in [-0.25, -0.2) is 4.79 Å². The molecule has 0 amide bonds. The van der Waals surface area contributed by atoms with Gasteiger partial charge in [0.2, 0.25) is 5.90 Å². The summed E-state index contributed by atoms with van der Waals surface area (Å²) in [6.07, 6.45) is 5.01. The number of aliphatic carboxylic acids is 1. The molecule has 4 nitrogen and oxygen atoms in total. The Balaban J connectivity index is 2.81. The predicted octanol–water partition coefficient (Wildman–Crippen LogP) is 1.13. The maximum absolute atomic E-state index is 10.3. The Labute approximate surface area is 87.2 Å². The van der Waals surface area contributed by atoms with Crippen LogP contribution in [0.2, 0.25) is 0 Å². The van der Waals surface area contributed by atoms with Crippen molar-refractivity contribution in [2.75, 3.05) is 6.61 Å². The van der Waals surface area contributed by atoms with Gasteiger partial charge in [-0.05, 0) is 12.1 Å². The zero-order chi connectivity index (χ0) is 11.1. The fourth-order valence-electron chi connectivity index (χ4n) is 0.950. The molecule has 15 heavy (non-hydrogen) atoms. The topological polar surface area (TPSA) is 58.9 Å². The van der Waals surface area contributed by atoms with Crippen LogP contribution in [0.4, 0.5) is 0 Å². The Kier molecular flexibility index (Phi) is 3.92. The number of rotatable bonds is 3. The molecule has 0 atom stereocenters. The van der Waals surface area contributed by atoms with Crippen molar-refractivity contribution in [2.24, 2.45) is 4.99 Å². The molecule has 0 fully saturated rings. The van der Waals surface area contributed by atoms with E-state index in [4.69, 9.17) is 16.3 Å². The van der Waals surface area contributed by atoms with Crippen molar-refractivity contribution in [2.45, 2.75) is 0 Å². The molecule has 0 aliphatic rings. The lowest BCUT2D eigenvalue weighted by Crippen LogP contribution is -2.13. The third-order valence-electron chi connectivity index (χ3n) is 1.52. The number of benzene rings is 1. The van der Waals surface area contributed by atoms with E-state index in [9.17, 15) is 4.79 Å². The van der Waals surface area contributed by atoms with Gasteiger partial charge in [0.05, 0.1) is 0 Å². The van der Waals surface area contributed by atoms with Crippen molar-refractivity contribution in [3.63, 3.8) is 0 Å². The summed E-state index contributed by atoms with van der Waals surface area (Å²) in [6, 6.07) is 10.9. The summed E-state index contributed by atoms with van der Waals surface area (Å²) in [4.78, 5) is 13.9. The maximum Gasteiger partial charge on any atom is 0.341 e. The number of aliphatic imine (C=N–C) groups is 1. The van der Waals surface area contributed by atoms with E-state index < -0.39 is 12.6 Å². The Morgan fingerprint density at radius 1 is 1.47 bits per heavy atom. The molecule has 0 aliphatic heterocycles. The van der Waals surface area contributed by atoms with Crippen molar-refractivity contribution < 1.29 is 14.6 Å². The second-order valence-electron chi connectivity index (χ2n) is 2.59. The molecule has 1 aromatic rings. The summed E-state index contributed by atoms with van der Waals surface area (Å²) in [7, 11) is 0. The van der Waals surface area contributed by atoms with Crippen molar-refractivity contribution in [3.05, 3.63) is 35.9 Å². The molecule has 0 aliphatic carbocycles. The molecule has 1 rings (SSSR count). The first-order valence-electron chi connectivity index (χ1n) is 4.17. The highest BCUT2D eigenvalue weighted by atomic mass is 16.5. The average molecular weight is 203 g/mol. The SMILES string of the molecule is C#C/N=C(\OCC(=O)O)c1ccccc1. The van der Waals surface area contributed by atoms with E-state index in [0.29, 0.717) is 5.56 Å². The highest BCUT2D eigenvalue weighted by Gasteiger charge is 2.06. The molecule has 0 aromatic heterocycles. The fraction of sp³-hybridized carbons (Fsp3) is 0.0909. The molecule has 76 valence electrons. The van der Waals surface area contributed by atoms with E-state index in [1.165, 1.54) is 0 Å². The van der Waals surface area contributed by atoms with E-state index >= 15 is 0 Å². The predicted molar refractivity (Wildman–Crippen MR) is 55.4 cm³/mol. The van der Waals surface area contributed by atoms with Gasteiger partial charge in [0, 0.05) is 11.6 Å². The van der Waals surface area contributed by atoms with Crippen LogP contribution < -0.4 is 0 Å². The smallest absolute Gasteiger partial charge is 0.341 e. The number of nitrogens with zero attached hydrogens (tertiary/aromatic N) is 1. The van der Waals surface area contributed by atoms with Gasteiger partial charge in [0.15, 0.2) is 6.61 Å². The lowest BCUT2D eigenvalue weighted by molar-refractivity contribution is -0.139. The van der Waals surface area contributed by atoms with Crippen LogP contribution >= 0.6 is 0 Å². The summed E-state index contributed by atoms with van der Waals surface area (Å²) in [5.41, 5.74) is 0.650. The van der Waals surface area contributed by atoms with Crippen LogP contribution in [0, 0.1) is 12.5 Å². The van der Waals surface area contributed by atoms with Crippen LogP contribution in [0.5, 0.6) is 0 Å². The van der Waals surface area contributed by atoms with Crippen molar-refractivity contribution in [1.82, 2.24) is 0 Å². The van der Waals surface area contributed by atoms with Crippen LogP contribution in [0.3, 0.4) is 0 Å². The Hall–Kier alpha value is -2.28. The number of carboxylic acid groups (broad SMARTS) is 1. The maximum atomic E-state index is 10.3. The highest BCUT2D eigenvalue weighted by Crippen LogP contribution is 2.02. The zero-order valence-electron chi connectivity index (χ0n) is 7.88. The first kappa shape index (κ1) is 10.8.